The van der Waals surface area contributed by atoms with Crippen molar-refractivity contribution in [3.63, 3.8) is 0 Å². The molecule has 2 unspecified atom stereocenters. The van der Waals surface area contributed by atoms with Crippen molar-refractivity contribution in [2.45, 2.75) is 32.4 Å². The van der Waals surface area contributed by atoms with Crippen LogP contribution < -0.4 is 16.4 Å². The van der Waals surface area contributed by atoms with E-state index in [1.807, 2.05) is 18.3 Å². The Labute approximate surface area is 107 Å². The molecule has 2 atom stereocenters. The molecule has 1 saturated heterocycles. The highest BCUT2D eigenvalue weighted by atomic mass is 16.1. The monoisotopic (exact) mass is 248 g/mol. The van der Waals surface area contributed by atoms with Gasteiger partial charge in [0, 0.05) is 19.1 Å². The maximum atomic E-state index is 11.3. The minimum absolute atomic E-state index is 0.0598. The predicted octanol–water partition coefficient (Wildman–Crippen LogP) is 0.630. The molecular formula is C13H20N4O. The largest absolute Gasteiger partial charge is 0.369 e. The van der Waals surface area contributed by atoms with Crippen molar-refractivity contribution >= 4 is 11.6 Å². The van der Waals surface area contributed by atoms with E-state index in [9.17, 15) is 4.79 Å². The average molecular weight is 248 g/mol. The van der Waals surface area contributed by atoms with Crippen molar-refractivity contribution in [2.24, 2.45) is 17.4 Å². The van der Waals surface area contributed by atoms with E-state index in [-0.39, 0.29) is 11.8 Å². The second-order valence-electron chi connectivity index (χ2n) is 4.89. The highest BCUT2D eigenvalue weighted by Gasteiger charge is 2.28. The summed E-state index contributed by atoms with van der Waals surface area (Å²) in [6.07, 6.45) is 3.68. The van der Waals surface area contributed by atoms with E-state index in [1.54, 1.807) is 0 Å². The summed E-state index contributed by atoms with van der Waals surface area (Å²) in [5.74, 6) is -0.270. The van der Waals surface area contributed by atoms with Gasteiger partial charge in [0.2, 0.25) is 5.91 Å². The van der Waals surface area contributed by atoms with Gasteiger partial charge in [-0.1, -0.05) is 0 Å². The van der Waals surface area contributed by atoms with E-state index in [0.717, 1.165) is 24.2 Å². The van der Waals surface area contributed by atoms with Gasteiger partial charge in [0.1, 0.15) is 0 Å². The van der Waals surface area contributed by atoms with Crippen molar-refractivity contribution in [1.29, 1.82) is 0 Å². The zero-order valence-electron chi connectivity index (χ0n) is 10.7. The first-order valence-electron chi connectivity index (χ1n) is 6.32. The minimum atomic E-state index is -0.210. The number of anilines is 1. The van der Waals surface area contributed by atoms with Gasteiger partial charge in [0.25, 0.3) is 0 Å². The van der Waals surface area contributed by atoms with Crippen LogP contribution in [0.25, 0.3) is 0 Å². The number of pyridine rings is 1. The molecule has 1 aliphatic rings. The summed E-state index contributed by atoms with van der Waals surface area (Å²) in [7, 11) is 0. The Kier molecular flexibility index (Phi) is 3.81. The lowest BCUT2D eigenvalue weighted by Crippen LogP contribution is -2.45. The van der Waals surface area contributed by atoms with Crippen molar-refractivity contribution in [3.8, 4) is 0 Å². The number of amides is 1. The van der Waals surface area contributed by atoms with Crippen LogP contribution in [0.5, 0.6) is 0 Å². The summed E-state index contributed by atoms with van der Waals surface area (Å²) in [6, 6.07) is 4.34. The molecule has 98 valence electrons. The van der Waals surface area contributed by atoms with Crippen LogP contribution in [-0.2, 0) is 11.3 Å². The summed E-state index contributed by atoms with van der Waals surface area (Å²) < 4.78 is 0. The van der Waals surface area contributed by atoms with Gasteiger partial charge in [-0.3, -0.25) is 9.78 Å². The summed E-state index contributed by atoms with van der Waals surface area (Å²) in [5, 5.41) is 0. The van der Waals surface area contributed by atoms with Gasteiger partial charge in [0.15, 0.2) is 0 Å². The molecule has 0 aromatic carbocycles. The molecule has 4 N–H and O–H groups in total. The number of carbonyl (C=O) groups excluding carboxylic acids is 1. The Balaban J connectivity index is 2.15. The van der Waals surface area contributed by atoms with Gasteiger partial charge in [0.05, 0.1) is 23.5 Å². The number of aromatic nitrogens is 1. The topological polar surface area (TPSA) is 85.2 Å². The third kappa shape index (κ3) is 2.61. The highest BCUT2D eigenvalue weighted by molar-refractivity contribution is 5.77. The molecule has 0 bridgehead atoms. The van der Waals surface area contributed by atoms with E-state index in [2.05, 4.69) is 16.8 Å². The lowest BCUT2D eigenvalue weighted by atomic mass is 9.92. The van der Waals surface area contributed by atoms with Crippen molar-refractivity contribution in [3.05, 3.63) is 24.0 Å². The van der Waals surface area contributed by atoms with Crippen LogP contribution in [0.4, 0.5) is 5.69 Å². The van der Waals surface area contributed by atoms with Gasteiger partial charge in [-0.25, -0.2) is 0 Å². The molecule has 1 fully saturated rings. The smallest absolute Gasteiger partial charge is 0.222 e. The molecule has 0 spiro atoms. The zero-order valence-corrected chi connectivity index (χ0v) is 10.7. The standard InChI is InChI=1S/C13H20N4O/c1-9-2-3-10(13(15)18)8-17(9)12-5-4-11(6-14)16-7-12/h4-5,7,9-10H,2-3,6,8,14H2,1H3,(H2,15,18). The molecule has 2 rings (SSSR count). The maximum Gasteiger partial charge on any atom is 0.222 e. The summed E-state index contributed by atoms with van der Waals surface area (Å²) in [4.78, 5) is 17.8. The van der Waals surface area contributed by atoms with Crippen molar-refractivity contribution < 1.29 is 4.79 Å². The Hall–Kier alpha value is -1.62. The number of nitrogens with zero attached hydrogens (tertiary/aromatic N) is 2. The first-order valence-corrected chi connectivity index (χ1v) is 6.32. The Morgan fingerprint density at radius 3 is 2.83 bits per heavy atom. The molecule has 18 heavy (non-hydrogen) atoms. The van der Waals surface area contributed by atoms with Crippen LogP contribution in [-0.4, -0.2) is 23.5 Å². The number of piperidine rings is 1. The van der Waals surface area contributed by atoms with Gasteiger partial charge >= 0.3 is 0 Å². The molecule has 2 heterocycles. The number of hydrogen-bond acceptors (Lipinski definition) is 4. The van der Waals surface area contributed by atoms with E-state index in [0.29, 0.717) is 19.1 Å². The van der Waals surface area contributed by atoms with Crippen molar-refractivity contribution in [2.75, 3.05) is 11.4 Å². The van der Waals surface area contributed by atoms with Gasteiger partial charge in [-0.05, 0) is 31.9 Å². The third-order valence-electron chi connectivity index (χ3n) is 3.63. The number of rotatable bonds is 3. The molecule has 0 radical (unpaired) electrons. The SMILES string of the molecule is CC1CCC(C(N)=O)CN1c1ccc(CN)nc1. The van der Waals surface area contributed by atoms with Gasteiger partial charge in [-0.15, -0.1) is 0 Å². The highest BCUT2D eigenvalue weighted by Crippen LogP contribution is 2.27. The van der Waals surface area contributed by atoms with Crippen LogP contribution in [0.15, 0.2) is 18.3 Å². The first-order chi connectivity index (χ1) is 8.61. The lowest BCUT2D eigenvalue weighted by Gasteiger charge is -2.38. The second kappa shape index (κ2) is 5.35. The Bertz CT molecular complexity index is 418. The first kappa shape index (κ1) is 12.8. The second-order valence-corrected chi connectivity index (χ2v) is 4.89. The lowest BCUT2D eigenvalue weighted by molar-refractivity contribution is -0.122. The van der Waals surface area contributed by atoms with E-state index in [4.69, 9.17) is 11.5 Å². The quantitative estimate of drug-likeness (QED) is 0.821. The normalized spacial score (nSPS) is 24.0. The van der Waals surface area contributed by atoms with Gasteiger partial charge in [-0.2, -0.15) is 0 Å². The maximum absolute atomic E-state index is 11.3. The fraction of sp³-hybridized carbons (Fsp3) is 0.538. The molecule has 1 aromatic rings. The molecule has 1 aliphatic heterocycles. The predicted molar refractivity (Wildman–Crippen MR) is 70.9 cm³/mol. The van der Waals surface area contributed by atoms with E-state index in [1.165, 1.54) is 0 Å². The summed E-state index contributed by atoms with van der Waals surface area (Å²) >= 11 is 0. The third-order valence-corrected chi connectivity index (χ3v) is 3.63. The minimum Gasteiger partial charge on any atom is -0.369 e. The van der Waals surface area contributed by atoms with Crippen LogP contribution >= 0.6 is 0 Å². The van der Waals surface area contributed by atoms with Crippen molar-refractivity contribution in [1.82, 2.24) is 4.98 Å². The van der Waals surface area contributed by atoms with Gasteiger partial charge < -0.3 is 16.4 Å². The van der Waals surface area contributed by atoms with E-state index >= 15 is 0 Å². The van der Waals surface area contributed by atoms with E-state index < -0.39 is 0 Å². The van der Waals surface area contributed by atoms with Crippen LogP contribution in [0, 0.1) is 5.92 Å². The molecule has 5 nitrogen and oxygen atoms in total. The number of primary amides is 1. The number of carbonyl (C=O) groups is 1. The molecular weight excluding hydrogens is 228 g/mol. The fourth-order valence-electron chi connectivity index (χ4n) is 2.41. The molecule has 0 saturated carbocycles. The number of hydrogen-bond donors (Lipinski definition) is 2. The molecule has 0 aliphatic carbocycles. The molecule has 1 aromatic heterocycles. The van der Waals surface area contributed by atoms with Crippen LogP contribution in [0.2, 0.25) is 0 Å². The Morgan fingerprint density at radius 2 is 2.28 bits per heavy atom. The summed E-state index contributed by atoms with van der Waals surface area (Å²) in [5.41, 5.74) is 12.8. The van der Waals surface area contributed by atoms with Crippen LogP contribution in [0.1, 0.15) is 25.5 Å². The molecule has 5 heteroatoms. The van der Waals surface area contributed by atoms with Crippen LogP contribution in [0.3, 0.4) is 0 Å². The average Bonchev–Trinajstić information content (AvgIpc) is 2.39. The Morgan fingerprint density at radius 1 is 1.50 bits per heavy atom. The number of nitrogens with two attached hydrogens (primary N) is 2. The fourth-order valence-corrected chi connectivity index (χ4v) is 2.41. The summed E-state index contributed by atoms with van der Waals surface area (Å²) in [6.45, 7) is 3.29. The zero-order chi connectivity index (χ0) is 13.1. The molecule has 1 amide bonds.